The van der Waals surface area contributed by atoms with E-state index in [1.165, 1.54) is 50.0 Å². The molecule has 0 bridgehead atoms. The number of thioether (sulfide) groups is 1. The zero-order chi connectivity index (χ0) is 10.5. The van der Waals surface area contributed by atoms with Crippen LogP contribution in [0.15, 0.2) is 0 Å². The van der Waals surface area contributed by atoms with Crippen LogP contribution < -0.4 is 0 Å². The van der Waals surface area contributed by atoms with Gasteiger partial charge in [-0.25, -0.2) is 0 Å². The van der Waals surface area contributed by atoms with Crippen LogP contribution in [0.1, 0.15) is 51.4 Å². The standard InChI is InChI=1S/C13H24OS/c14-13(9-11-3-1-2-4-11)10-12-5-7-15-8-6-12/h11-14H,1-10H2. The van der Waals surface area contributed by atoms with E-state index in [9.17, 15) is 5.11 Å². The molecular weight excluding hydrogens is 204 g/mol. The zero-order valence-corrected chi connectivity index (χ0v) is 10.5. The number of hydrogen-bond donors (Lipinski definition) is 1. The molecule has 1 saturated carbocycles. The Labute approximate surface area is 98.0 Å². The molecule has 1 N–H and O–H groups in total. The van der Waals surface area contributed by atoms with Crippen molar-refractivity contribution in [3.63, 3.8) is 0 Å². The summed E-state index contributed by atoms with van der Waals surface area (Å²) in [5.41, 5.74) is 0. The van der Waals surface area contributed by atoms with Gasteiger partial charge >= 0.3 is 0 Å². The molecule has 2 rings (SSSR count). The van der Waals surface area contributed by atoms with E-state index >= 15 is 0 Å². The van der Waals surface area contributed by atoms with Crippen LogP contribution in [0.5, 0.6) is 0 Å². The molecule has 2 aliphatic rings. The first-order valence-corrected chi connectivity index (χ1v) is 7.76. The molecule has 0 aromatic rings. The van der Waals surface area contributed by atoms with E-state index in [1.54, 1.807) is 0 Å². The van der Waals surface area contributed by atoms with Crippen molar-refractivity contribution < 1.29 is 5.11 Å². The average molecular weight is 228 g/mol. The molecule has 2 heteroatoms. The Kier molecular flexibility index (Phi) is 4.83. The third-order valence-electron chi connectivity index (χ3n) is 4.03. The third-order valence-corrected chi connectivity index (χ3v) is 5.08. The van der Waals surface area contributed by atoms with Gasteiger partial charge < -0.3 is 5.11 Å². The molecule has 1 aliphatic heterocycles. The molecule has 1 atom stereocenters. The highest BCUT2D eigenvalue weighted by atomic mass is 32.2. The molecule has 0 aromatic heterocycles. The fraction of sp³-hybridized carbons (Fsp3) is 1.00. The molecule has 0 radical (unpaired) electrons. The summed E-state index contributed by atoms with van der Waals surface area (Å²) in [6.45, 7) is 0. The largest absolute Gasteiger partial charge is 0.393 e. The molecule has 1 aliphatic carbocycles. The highest BCUT2D eigenvalue weighted by Gasteiger charge is 2.22. The minimum absolute atomic E-state index is 0.00111. The molecule has 0 aromatic carbocycles. The predicted octanol–water partition coefficient (Wildman–Crippen LogP) is 3.46. The van der Waals surface area contributed by atoms with Gasteiger partial charge in [-0.2, -0.15) is 11.8 Å². The van der Waals surface area contributed by atoms with Gasteiger partial charge in [0.25, 0.3) is 0 Å². The van der Waals surface area contributed by atoms with Gasteiger partial charge in [-0.3, -0.25) is 0 Å². The van der Waals surface area contributed by atoms with Crippen LogP contribution >= 0.6 is 11.8 Å². The second-order valence-corrected chi connectivity index (χ2v) is 6.56. The van der Waals surface area contributed by atoms with Crippen LogP contribution in [-0.2, 0) is 0 Å². The highest BCUT2D eigenvalue weighted by Crippen LogP contribution is 2.32. The van der Waals surface area contributed by atoms with Gasteiger partial charge in [0.05, 0.1) is 6.10 Å². The van der Waals surface area contributed by atoms with Gasteiger partial charge in [-0.15, -0.1) is 0 Å². The number of rotatable bonds is 4. The van der Waals surface area contributed by atoms with Crippen LogP contribution in [0, 0.1) is 11.8 Å². The molecule has 1 unspecified atom stereocenters. The van der Waals surface area contributed by atoms with E-state index in [4.69, 9.17) is 0 Å². The Morgan fingerprint density at radius 2 is 1.47 bits per heavy atom. The molecule has 2 fully saturated rings. The molecule has 1 nitrogen and oxygen atoms in total. The summed E-state index contributed by atoms with van der Waals surface area (Å²) in [6.07, 6.45) is 10.4. The lowest BCUT2D eigenvalue weighted by Crippen LogP contribution is -2.19. The maximum atomic E-state index is 10.1. The Hall–Kier alpha value is 0.310. The van der Waals surface area contributed by atoms with Crippen molar-refractivity contribution in [2.75, 3.05) is 11.5 Å². The maximum absolute atomic E-state index is 10.1. The van der Waals surface area contributed by atoms with E-state index < -0.39 is 0 Å². The first kappa shape index (κ1) is 11.8. The van der Waals surface area contributed by atoms with E-state index in [0.29, 0.717) is 0 Å². The fourth-order valence-corrected chi connectivity index (χ4v) is 4.30. The summed E-state index contributed by atoms with van der Waals surface area (Å²) in [5.74, 6) is 4.31. The fourth-order valence-electron chi connectivity index (χ4n) is 3.09. The number of hydrogen-bond acceptors (Lipinski definition) is 2. The summed E-state index contributed by atoms with van der Waals surface area (Å²) in [4.78, 5) is 0. The monoisotopic (exact) mass is 228 g/mol. The van der Waals surface area contributed by atoms with Gasteiger partial charge in [0, 0.05) is 0 Å². The minimum Gasteiger partial charge on any atom is -0.393 e. The normalized spacial score (nSPS) is 27.0. The lowest BCUT2D eigenvalue weighted by molar-refractivity contribution is 0.112. The van der Waals surface area contributed by atoms with Crippen molar-refractivity contribution in [2.24, 2.45) is 11.8 Å². The number of aliphatic hydroxyl groups is 1. The van der Waals surface area contributed by atoms with Crippen LogP contribution in [0.2, 0.25) is 0 Å². The Balaban J connectivity index is 1.64. The van der Waals surface area contributed by atoms with Crippen molar-refractivity contribution in [3.8, 4) is 0 Å². The van der Waals surface area contributed by atoms with Crippen molar-refractivity contribution in [1.29, 1.82) is 0 Å². The molecule has 15 heavy (non-hydrogen) atoms. The lowest BCUT2D eigenvalue weighted by atomic mass is 9.90. The van der Waals surface area contributed by atoms with Crippen molar-refractivity contribution in [3.05, 3.63) is 0 Å². The molecule has 88 valence electrons. The molecular formula is C13H24OS. The first-order valence-electron chi connectivity index (χ1n) is 6.60. The van der Waals surface area contributed by atoms with Gasteiger partial charge in [-0.1, -0.05) is 25.7 Å². The van der Waals surface area contributed by atoms with Crippen molar-refractivity contribution >= 4 is 11.8 Å². The van der Waals surface area contributed by atoms with Gasteiger partial charge in [0.15, 0.2) is 0 Å². The zero-order valence-electron chi connectivity index (χ0n) is 9.66. The Morgan fingerprint density at radius 3 is 2.07 bits per heavy atom. The first-order chi connectivity index (χ1) is 7.34. The van der Waals surface area contributed by atoms with E-state index in [1.807, 2.05) is 0 Å². The summed E-state index contributed by atoms with van der Waals surface area (Å²) in [6, 6.07) is 0. The van der Waals surface area contributed by atoms with Gasteiger partial charge in [0.2, 0.25) is 0 Å². The molecule has 0 amide bonds. The van der Waals surface area contributed by atoms with E-state index in [0.717, 1.165) is 24.7 Å². The summed E-state index contributed by atoms with van der Waals surface area (Å²) < 4.78 is 0. The van der Waals surface area contributed by atoms with Crippen LogP contribution in [-0.4, -0.2) is 22.7 Å². The quantitative estimate of drug-likeness (QED) is 0.795. The summed E-state index contributed by atoms with van der Waals surface area (Å²) in [5, 5.41) is 10.1. The molecule has 1 saturated heterocycles. The molecule has 1 heterocycles. The minimum atomic E-state index is 0.00111. The number of aliphatic hydroxyl groups excluding tert-OH is 1. The van der Waals surface area contributed by atoms with Gasteiger partial charge in [0.1, 0.15) is 0 Å². The second kappa shape index (κ2) is 6.15. The highest BCUT2D eigenvalue weighted by molar-refractivity contribution is 7.99. The lowest BCUT2D eigenvalue weighted by Gasteiger charge is -2.25. The average Bonchev–Trinajstić information content (AvgIpc) is 2.71. The van der Waals surface area contributed by atoms with E-state index in [2.05, 4.69) is 11.8 Å². The Bertz CT molecular complexity index is 171. The van der Waals surface area contributed by atoms with Crippen LogP contribution in [0.4, 0.5) is 0 Å². The van der Waals surface area contributed by atoms with Gasteiger partial charge in [-0.05, 0) is 49.0 Å². The van der Waals surface area contributed by atoms with Crippen LogP contribution in [0.25, 0.3) is 0 Å². The SMILES string of the molecule is OC(CC1CCCC1)CC1CCSCC1. The predicted molar refractivity (Wildman–Crippen MR) is 67.2 cm³/mol. The smallest absolute Gasteiger partial charge is 0.0545 e. The van der Waals surface area contributed by atoms with Crippen LogP contribution in [0.3, 0.4) is 0 Å². The third kappa shape index (κ3) is 3.99. The summed E-state index contributed by atoms with van der Waals surface area (Å²) in [7, 11) is 0. The Morgan fingerprint density at radius 1 is 0.933 bits per heavy atom. The maximum Gasteiger partial charge on any atom is 0.0545 e. The second-order valence-electron chi connectivity index (χ2n) is 5.33. The van der Waals surface area contributed by atoms with Crippen molar-refractivity contribution in [2.45, 2.75) is 57.5 Å². The molecule has 0 spiro atoms. The van der Waals surface area contributed by atoms with Crippen molar-refractivity contribution in [1.82, 2.24) is 0 Å². The topological polar surface area (TPSA) is 20.2 Å². The summed E-state index contributed by atoms with van der Waals surface area (Å²) >= 11 is 2.08. The van der Waals surface area contributed by atoms with E-state index in [-0.39, 0.29) is 6.10 Å².